The lowest BCUT2D eigenvalue weighted by Crippen LogP contribution is -2.57. The maximum absolute atomic E-state index is 11.1. The Kier molecular flexibility index (Phi) is 5.14. The van der Waals surface area contributed by atoms with Crippen molar-refractivity contribution in [3.63, 3.8) is 0 Å². The first-order valence-corrected chi connectivity index (χ1v) is 9.12. The summed E-state index contributed by atoms with van der Waals surface area (Å²) in [5.74, 6) is 1.08. The molecule has 0 amide bonds. The van der Waals surface area contributed by atoms with E-state index in [0.29, 0.717) is 11.3 Å². The highest BCUT2D eigenvalue weighted by Crippen LogP contribution is 2.62. The topological polar surface area (TPSA) is 40.5 Å². The summed E-state index contributed by atoms with van der Waals surface area (Å²) in [4.78, 5) is 0. The van der Waals surface area contributed by atoms with Gasteiger partial charge in [0.25, 0.3) is 0 Å². The molecule has 0 radical (unpaired) electrons. The molecule has 0 aromatic rings. The molecule has 128 valence electrons. The Morgan fingerprint density at radius 1 is 1.14 bits per heavy atom. The minimum atomic E-state index is -0.543. The summed E-state index contributed by atoms with van der Waals surface area (Å²) in [7, 11) is 0. The second-order valence-electron chi connectivity index (χ2n) is 9.12. The van der Waals surface area contributed by atoms with Gasteiger partial charge in [-0.05, 0) is 75.0 Å². The van der Waals surface area contributed by atoms with Gasteiger partial charge in [-0.1, -0.05) is 38.8 Å². The molecule has 0 aromatic carbocycles. The van der Waals surface area contributed by atoms with Gasteiger partial charge in [0.05, 0.1) is 12.2 Å². The van der Waals surface area contributed by atoms with E-state index in [0.717, 1.165) is 25.2 Å². The molecular weight excluding hydrogens is 272 g/mol. The maximum atomic E-state index is 11.1. The molecule has 2 fully saturated rings. The fraction of sp³-hybridized carbons (Fsp3) is 0.900. The minimum Gasteiger partial charge on any atom is -0.392 e. The lowest BCUT2D eigenvalue weighted by Gasteiger charge is -2.61. The van der Waals surface area contributed by atoms with Crippen LogP contribution in [0.2, 0.25) is 0 Å². The Morgan fingerprint density at radius 2 is 1.82 bits per heavy atom. The van der Waals surface area contributed by atoms with E-state index in [-0.39, 0.29) is 12.0 Å². The van der Waals surface area contributed by atoms with Crippen LogP contribution in [0.4, 0.5) is 0 Å². The molecule has 22 heavy (non-hydrogen) atoms. The van der Waals surface area contributed by atoms with E-state index in [4.69, 9.17) is 5.11 Å². The molecule has 2 saturated carbocycles. The van der Waals surface area contributed by atoms with Gasteiger partial charge < -0.3 is 10.2 Å². The third-order valence-corrected chi connectivity index (χ3v) is 7.03. The van der Waals surface area contributed by atoms with Gasteiger partial charge in [-0.3, -0.25) is 0 Å². The Bertz CT molecular complexity index is 421. The molecule has 0 heterocycles. The predicted octanol–water partition coefficient (Wildman–Crippen LogP) is 4.70. The average Bonchev–Trinajstić information content (AvgIpc) is 2.36. The molecule has 0 saturated heterocycles. The first-order chi connectivity index (χ1) is 10.1. The lowest BCUT2D eigenvalue weighted by atomic mass is 9.45. The molecule has 2 aliphatic rings. The van der Waals surface area contributed by atoms with E-state index in [1.54, 1.807) is 0 Å². The number of hydrogen-bond donors (Lipinski definition) is 2. The molecule has 4 atom stereocenters. The molecule has 2 N–H and O–H groups in total. The van der Waals surface area contributed by atoms with Crippen molar-refractivity contribution in [1.82, 2.24) is 0 Å². The van der Waals surface area contributed by atoms with Crippen LogP contribution in [0, 0.1) is 22.7 Å². The van der Waals surface area contributed by atoms with Crippen LogP contribution in [-0.2, 0) is 0 Å². The largest absolute Gasteiger partial charge is 0.392 e. The van der Waals surface area contributed by atoms with Crippen LogP contribution in [0.5, 0.6) is 0 Å². The smallest absolute Gasteiger partial charge is 0.0653 e. The van der Waals surface area contributed by atoms with Gasteiger partial charge in [-0.15, -0.1) is 0 Å². The summed E-state index contributed by atoms with van der Waals surface area (Å²) in [6, 6.07) is 0. The second-order valence-corrected chi connectivity index (χ2v) is 9.12. The number of aliphatic hydroxyl groups excluding tert-OH is 1. The zero-order chi connectivity index (χ0) is 16.6. The quantitative estimate of drug-likeness (QED) is 0.739. The molecule has 2 rings (SSSR count). The van der Waals surface area contributed by atoms with Crippen LogP contribution in [-0.4, -0.2) is 22.4 Å². The highest BCUT2D eigenvalue weighted by Gasteiger charge is 2.57. The van der Waals surface area contributed by atoms with Crippen molar-refractivity contribution >= 4 is 0 Å². The highest BCUT2D eigenvalue weighted by molar-refractivity contribution is 5.09. The fourth-order valence-electron chi connectivity index (χ4n) is 5.90. The Morgan fingerprint density at radius 3 is 2.45 bits per heavy atom. The summed E-state index contributed by atoms with van der Waals surface area (Å²) in [5, 5.41) is 20.1. The van der Waals surface area contributed by atoms with Crippen molar-refractivity contribution < 1.29 is 10.2 Å². The molecule has 2 aliphatic carbocycles. The maximum Gasteiger partial charge on any atom is 0.0653 e. The van der Waals surface area contributed by atoms with E-state index in [1.807, 2.05) is 6.08 Å². The Labute approximate surface area is 137 Å². The van der Waals surface area contributed by atoms with E-state index in [1.165, 1.54) is 31.3 Å². The average molecular weight is 309 g/mol. The van der Waals surface area contributed by atoms with E-state index >= 15 is 0 Å². The first kappa shape index (κ1) is 18.0. The van der Waals surface area contributed by atoms with Crippen molar-refractivity contribution in [3.05, 3.63) is 11.6 Å². The summed E-state index contributed by atoms with van der Waals surface area (Å²) >= 11 is 0. The Hall–Kier alpha value is -0.340. The number of fused-ring (bicyclic) bond motifs is 1. The van der Waals surface area contributed by atoms with Gasteiger partial charge in [-0.25, -0.2) is 0 Å². The molecule has 2 nitrogen and oxygen atoms in total. The van der Waals surface area contributed by atoms with Crippen LogP contribution >= 0.6 is 0 Å². The molecule has 0 unspecified atom stereocenters. The third-order valence-electron chi connectivity index (χ3n) is 7.03. The number of allylic oxidation sites excluding steroid dienone is 1. The van der Waals surface area contributed by atoms with Crippen LogP contribution in [0.3, 0.4) is 0 Å². The van der Waals surface area contributed by atoms with Crippen molar-refractivity contribution in [1.29, 1.82) is 0 Å². The third kappa shape index (κ3) is 3.28. The van der Waals surface area contributed by atoms with Gasteiger partial charge in [0.15, 0.2) is 0 Å². The molecule has 0 aliphatic heterocycles. The summed E-state index contributed by atoms with van der Waals surface area (Å²) < 4.78 is 0. The first-order valence-electron chi connectivity index (χ1n) is 9.12. The van der Waals surface area contributed by atoms with Gasteiger partial charge >= 0.3 is 0 Å². The molecule has 0 aromatic heterocycles. The van der Waals surface area contributed by atoms with Gasteiger partial charge in [0, 0.05) is 0 Å². The van der Waals surface area contributed by atoms with E-state index in [9.17, 15) is 5.11 Å². The number of aliphatic hydroxyl groups is 2. The summed E-state index contributed by atoms with van der Waals surface area (Å²) in [6.07, 6.45) is 9.90. The molecule has 2 heteroatoms. The molecule has 0 bridgehead atoms. The standard InChI is InChI=1S/C20H36O2/c1-15(10-14-21)7-8-17-19(4)12-6-11-18(2,3)16(19)9-13-20(17,5)22/h10,16-17,21-22H,6-9,11-14H2,1-5H3/b15-10-/t16-,17+,19-,20+/m0/s1. The monoisotopic (exact) mass is 308 g/mol. The van der Waals surface area contributed by atoms with E-state index in [2.05, 4.69) is 34.6 Å². The Balaban J connectivity index is 2.24. The summed E-state index contributed by atoms with van der Waals surface area (Å²) in [6.45, 7) is 11.6. The van der Waals surface area contributed by atoms with Crippen molar-refractivity contribution in [2.75, 3.05) is 6.61 Å². The zero-order valence-electron chi connectivity index (χ0n) is 15.3. The van der Waals surface area contributed by atoms with Crippen LogP contribution in [0.15, 0.2) is 11.6 Å². The molecular formula is C20H36O2. The van der Waals surface area contributed by atoms with Crippen LogP contribution in [0.25, 0.3) is 0 Å². The van der Waals surface area contributed by atoms with Crippen LogP contribution < -0.4 is 0 Å². The van der Waals surface area contributed by atoms with Crippen molar-refractivity contribution in [2.24, 2.45) is 22.7 Å². The van der Waals surface area contributed by atoms with E-state index < -0.39 is 5.60 Å². The molecule has 0 spiro atoms. The number of rotatable bonds is 4. The highest BCUT2D eigenvalue weighted by atomic mass is 16.3. The SMILES string of the molecule is C/C(=C/CO)CC[C@@H]1[C@@]2(C)CCCC(C)(C)[C@@H]2CC[C@@]1(C)O. The predicted molar refractivity (Wildman–Crippen MR) is 92.7 cm³/mol. The van der Waals surface area contributed by atoms with Crippen LogP contribution in [0.1, 0.15) is 79.6 Å². The van der Waals surface area contributed by atoms with Gasteiger partial charge in [0.1, 0.15) is 0 Å². The normalized spacial score (nSPS) is 42.0. The van der Waals surface area contributed by atoms with Crippen molar-refractivity contribution in [3.8, 4) is 0 Å². The summed E-state index contributed by atoms with van der Waals surface area (Å²) in [5.41, 5.74) is 1.36. The second kappa shape index (κ2) is 6.28. The fourth-order valence-corrected chi connectivity index (χ4v) is 5.90. The van der Waals surface area contributed by atoms with Gasteiger partial charge in [-0.2, -0.15) is 0 Å². The van der Waals surface area contributed by atoms with Crippen molar-refractivity contribution in [2.45, 2.75) is 85.2 Å². The lowest BCUT2D eigenvalue weighted by molar-refractivity contribution is -0.168. The number of hydrogen-bond acceptors (Lipinski definition) is 2. The zero-order valence-corrected chi connectivity index (χ0v) is 15.3. The minimum absolute atomic E-state index is 0.125. The van der Waals surface area contributed by atoms with Gasteiger partial charge in [0.2, 0.25) is 0 Å².